The van der Waals surface area contributed by atoms with Crippen LogP contribution in [0, 0.1) is 15.0 Å². The summed E-state index contributed by atoms with van der Waals surface area (Å²) < 4.78 is 0. The zero-order valence-corrected chi connectivity index (χ0v) is 22.3. The Hall–Kier alpha value is -5.08. The highest BCUT2D eigenvalue weighted by Crippen LogP contribution is 2.18. The maximum absolute atomic E-state index is 13.5. The fraction of sp³-hybridized carbons (Fsp3) is 0.385. The number of non-ortho nitro benzene ring substituents is 1. The molecule has 3 rings (SSSR count). The summed E-state index contributed by atoms with van der Waals surface area (Å²) in [5.41, 5.74) is 11.7. The molecule has 1 heterocycles. The summed E-state index contributed by atoms with van der Waals surface area (Å²) in [6, 6.07) is 11.3. The third-order valence-corrected chi connectivity index (χ3v) is 6.47. The summed E-state index contributed by atoms with van der Waals surface area (Å²) in [6.07, 6.45) is 1.65. The van der Waals surface area contributed by atoms with Gasteiger partial charge in [-0.1, -0.05) is 30.3 Å². The van der Waals surface area contributed by atoms with Crippen LogP contribution < -0.4 is 27.4 Å². The fourth-order valence-corrected chi connectivity index (χ4v) is 4.38. The fourth-order valence-electron chi connectivity index (χ4n) is 4.38. The van der Waals surface area contributed by atoms with Crippen molar-refractivity contribution < 1.29 is 19.3 Å². The van der Waals surface area contributed by atoms with Gasteiger partial charge in [0.1, 0.15) is 18.1 Å². The number of nitrogens with zero attached hydrogens (tertiary/aromatic N) is 4. The number of rotatable bonds is 14. The van der Waals surface area contributed by atoms with E-state index < -0.39 is 40.8 Å². The highest BCUT2D eigenvalue weighted by atomic mass is 16.6. The predicted octanol–water partition coefficient (Wildman–Crippen LogP) is 0.945. The largest absolute Gasteiger partial charge is 0.370 e. The zero-order chi connectivity index (χ0) is 29.8. The molecule has 0 bridgehead atoms. The number of carbonyl (C=O) groups is 3. The van der Waals surface area contributed by atoms with Crippen LogP contribution in [0.5, 0.6) is 0 Å². The minimum absolute atomic E-state index is 0.114. The number of nitrogens with two attached hydrogens (primary N) is 2. The number of carbonyl (C=O) groups excluding carboxylic acids is 3. The monoisotopic (exact) mass is 567 g/mol. The Labute approximate surface area is 235 Å². The van der Waals surface area contributed by atoms with E-state index in [9.17, 15) is 29.4 Å². The Morgan fingerprint density at radius 2 is 1.73 bits per heavy atom. The van der Waals surface area contributed by atoms with Crippen LogP contribution in [0.3, 0.4) is 0 Å². The second kappa shape index (κ2) is 14.9. The standard InChI is InChI=1S/C26H33N9O6/c27-26(28)29-14-4-8-20(23(36)30-18-10-12-19(13-11-18)35(40)41)31-24(37)21(16-17-6-2-1-3-7-17)32-25(38)22-9-5-15-34(22)33-39/h1-3,6-7,10-13,20-22H,4-5,8-9,14-16H2,(H,30,36)(H,31,37)(H,32,38)(H4,27,28,29). The number of anilines is 1. The van der Waals surface area contributed by atoms with Gasteiger partial charge in [0.05, 0.1) is 10.2 Å². The lowest BCUT2D eigenvalue weighted by atomic mass is 10.0. The average Bonchev–Trinajstić information content (AvgIpc) is 3.44. The number of nitro groups is 1. The molecule has 3 unspecified atom stereocenters. The van der Waals surface area contributed by atoms with Gasteiger partial charge in [-0.25, -0.2) is 5.01 Å². The van der Waals surface area contributed by atoms with Gasteiger partial charge in [-0.05, 0) is 43.4 Å². The van der Waals surface area contributed by atoms with E-state index in [0.29, 0.717) is 31.5 Å². The Morgan fingerprint density at radius 1 is 1.02 bits per heavy atom. The molecule has 7 N–H and O–H groups in total. The van der Waals surface area contributed by atoms with E-state index in [1.807, 2.05) is 6.07 Å². The number of aliphatic imine (C=N–C) groups is 1. The molecular weight excluding hydrogens is 534 g/mol. The van der Waals surface area contributed by atoms with Gasteiger partial charge in [0.25, 0.3) is 5.69 Å². The minimum Gasteiger partial charge on any atom is -0.370 e. The van der Waals surface area contributed by atoms with Crippen molar-refractivity contribution in [2.45, 2.75) is 50.2 Å². The Balaban J connectivity index is 1.78. The molecule has 1 aliphatic heterocycles. The molecule has 0 aliphatic carbocycles. The first-order valence-corrected chi connectivity index (χ1v) is 13.0. The molecule has 41 heavy (non-hydrogen) atoms. The van der Waals surface area contributed by atoms with E-state index in [1.165, 1.54) is 24.3 Å². The maximum atomic E-state index is 13.5. The van der Waals surface area contributed by atoms with Crippen molar-refractivity contribution in [3.63, 3.8) is 0 Å². The lowest BCUT2D eigenvalue weighted by Crippen LogP contribution is -2.55. The molecule has 0 saturated carbocycles. The van der Waals surface area contributed by atoms with Crippen LogP contribution in [0.2, 0.25) is 0 Å². The molecule has 1 saturated heterocycles. The smallest absolute Gasteiger partial charge is 0.269 e. The van der Waals surface area contributed by atoms with Crippen molar-refractivity contribution in [3.8, 4) is 0 Å². The molecule has 1 fully saturated rings. The predicted molar refractivity (Wildman–Crippen MR) is 151 cm³/mol. The summed E-state index contributed by atoms with van der Waals surface area (Å²) in [5, 5.41) is 23.1. The second-order valence-electron chi connectivity index (χ2n) is 9.46. The molecule has 0 radical (unpaired) electrons. The number of benzene rings is 2. The third kappa shape index (κ3) is 9.26. The zero-order valence-electron chi connectivity index (χ0n) is 22.3. The van der Waals surface area contributed by atoms with E-state index in [0.717, 1.165) is 10.6 Å². The first kappa shape index (κ1) is 30.5. The number of nitrogens with one attached hydrogen (secondary N) is 3. The minimum atomic E-state index is -1.06. The lowest BCUT2D eigenvalue weighted by Gasteiger charge is -2.25. The molecule has 3 atom stereocenters. The van der Waals surface area contributed by atoms with E-state index in [2.05, 4.69) is 26.2 Å². The van der Waals surface area contributed by atoms with Gasteiger partial charge in [0.2, 0.25) is 17.7 Å². The van der Waals surface area contributed by atoms with Crippen molar-refractivity contribution in [1.29, 1.82) is 0 Å². The van der Waals surface area contributed by atoms with Crippen molar-refractivity contribution in [3.05, 3.63) is 75.2 Å². The van der Waals surface area contributed by atoms with Crippen LogP contribution in [0.1, 0.15) is 31.2 Å². The lowest BCUT2D eigenvalue weighted by molar-refractivity contribution is -0.384. The van der Waals surface area contributed by atoms with Gasteiger partial charge in [0.15, 0.2) is 5.96 Å². The highest BCUT2D eigenvalue weighted by molar-refractivity contribution is 5.98. The number of amides is 3. The highest BCUT2D eigenvalue weighted by Gasteiger charge is 2.34. The molecule has 1 aliphatic rings. The molecule has 218 valence electrons. The molecule has 15 nitrogen and oxygen atoms in total. The van der Waals surface area contributed by atoms with E-state index in [1.54, 1.807) is 24.3 Å². The van der Waals surface area contributed by atoms with Crippen molar-refractivity contribution in [1.82, 2.24) is 15.6 Å². The van der Waals surface area contributed by atoms with Gasteiger partial charge in [0, 0.05) is 37.3 Å². The first-order chi connectivity index (χ1) is 19.7. The summed E-state index contributed by atoms with van der Waals surface area (Å²) in [5.74, 6) is -1.82. The van der Waals surface area contributed by atoms with E-state index >= 15 is 0 Å². The van der Waals surface area contributed by atoms with Crippen LogP contribution in [-0.2, 0) is 20.8 Å². The summed E-state index contributed by atoms with van der Waals surface area (Å²) in [6.45, 7) is 0.553. The molecule has 2 aromatic rings. The van der Waals surface area contributed by atoms with Crippen LogP contribution in [-0.4, -0.2) is 64.8 Å². The summed E-state index contributed by atoms with van der Waals surface area (Å²) in [4.78, 5) is 65.2. The molecule has 2 aromatic carbocycles. The van der Waals surface area contributed by atoms with E-state index in [4.69, 9.17) is 11.5 Å². The topological polar surface area (TPSA) is 228 Å². The molecular formula is C26H33N9O6. The van der Waals surface area contributed by atoms with Gasteiger partial charge >= 0.3 is 0 Å². The van der Waals surface area contributed by atoms with Crippen LogP contribution >= 0.6 is 0 Å². The van der Waals surface area contributed by atoms with Crippen molar-refractivity contribution >= 4 is 35.1 Å². The first-order valence-electron chi connectivity index (χ1n) is 13.0. The van der Waals surface area contributed by atoms with Crippen LogP contribution in [0.25, 0.3) is 0 Å². The van der Waals surface area contributed by atoms with Gasteiger partial charge in [-0.15, -0.1) is 4.91 Å². The van der Waals surface area contributed by atoms with E-state index in [-0.39, 0.29) is 31.0 Å². The SMILES string of the molecule is NC(N)=NCCCC(NC(=O)C(Cc1ccccc1)NC(=O)C1CCCN1N=O)C(=O)Nc1ccc([N+](=O)[O-])cc1. The number of hydrogen-bond donors (Lipinski definition) is 5. The van der Waals surface area contributed by atoms with Gasteiger partial charge < -0.3 is 27.4 Å². The Kier molecular flexibility index (Phi) is 11.1. The summed E-state index contributed by atoms with van der Waals surface area (Å²) in [7, 11) is 0. The van der Waals surface area contributed by atoms with Gasteiger partial charge in [-0.3, -0.25) is 29.5 Å². The number of guanidine groups is 1. The van der Waals surface area contributed by atoms with Crippen molar-refractivity contribution in [2.75, 3.05) is 18.4 Å². The normalized spacial score (nSPS) is 15.7. The van der Waals surface area contributed by atoms with Crippen molar-refractivity contribution in [2.24, 2.45) is 21.7 Å². The Bertz CT molecular complexity index is 1250. The number of nitro benzene ring substituents is 1. The molecule has 3 amide bonds. The quantitative estimate of drug-likeness (QED) is 0.0545. The third-order valence-electron chi connectivity index (χ3n) is 6.47. The molecule has 0 aromatic heterocycles. The van der Waals surface area contributed by atoms with Crippen LogP contribution in [0.4, 0.5) is 11.4 Å². The van der Waals surface area contributed by atoms with Gasteiger partial charge in [-0.2, -0.15) is 0 Å². The number of hydrogen-bond acceptors (Lipinski definition) is 8. The number of nitroso groups, excluding NO2 is 1. The summed E-state index contributed by atoms with van der Waals surface area (Å²) >= 11 is 0. The van der Waals surface area contributed by atoms with Crippen LogP contribution in [0.15, 0.2) is 64.9 Å². The maximum Gasteiger partial charge on any atom is 0.269 e. The average molecular weight is 568 g/mol. The molecule has 15 heteroatoms. The molecule has 0 spiro atoms. The second-order valence-corrected chi connectivity index (χ2v) is 9.46. The Morgan fingerprint density at radius 3 is 2.37 bits per heavy atom.